The molecule has 13 nitrogen and oxygen atoms in total. The molecular weight excluding hydrogens is 711 g/mol. The summed E-state index contributed by atoms with van der Waals surface area (Å²) in [5, 5.41) is 2.97. The minimum absolute atomic E-state index is 0. The van der Waals surface area contributed by atoms with Crippen molar-refractivity contribution in [2.24, 2.45) is 5.73 Å². The third-order valence-corrected chi connectivity index (χ3v) is 8.79. The van der Waals surface area contributed by atoms with Crippen LogP contribution in [0.5, 0.6) is 0 Å². The molecule has 0 spiro atoms. The molecule has 0 aromatic heterocycles. The first kappa shape index (κ1) is 46.0. The zero-order valence-electron chi connectivity index (χ0n) is 30.8. The van der Waals surface area contributed by atoms with Gasteiger partial charge in [0.25, 0.3) is 0 Å². The summed E-state index contributed by atoms with van der Waals surface area (Å²) in [5.74, 6) is 1.10. The first-order valence-electron chi connectivity index (χ1n) is 17.7. The van der Waals surface area contributed by atoms with Crippen LogP contribution in [0.25, 0.3) is 0 Å². The molecule has 5 aliphatic rings. The molecule has 5 saturated heterocycles. The van der Waals surface area contributed by atoms with Gasteiger partial charge in [0.1, 0.15) is 11.2 Å². The maximum Gasteiger partial charge on any atom is 0.410 e. The summed E-state index contributed by atoms with van der Waals surface area (Å²) in [6.45, 7) is 17.7. The first-order chi connectivity index (χ1) is 22.9. The van der Waals surface area contributed by atoms with E-state index in [2.05, 4.69) is 5.32 Å². The van der Waals surface area contributed by atoms with Gasteiger partial charge in [-0.15, -0.1) is 24.0 Å². The van der Waals surface area contributed by atoms with Crippen LogP contribution in [0, 0.1) is 0 Å². The summed E-state index contributed by atoms with van der Waals surface area (Å²) in [6, 6.07) is 0.810. The van der Waals surface area contributed by atoms with Crippen LogP contribution in [-0.2, 0) is 23.9 Å². The molecule has 0 radical (unpaired) electrons. The molecule has 5 rings (SSSR count). The van der Waals surface area contributed by atoms with E-state index in [0.717, 1.165) is 71.2 Å². The molecular formula is C34H61Cl3N6O7. The van der Waals surface area contributed by atoms with Gasteiger partial charge in [0.15, 0.2) is 0 Å². The summed E-state index contributed by atoms with van der Waals surface area (Å²) >= 11 is 10.2. The number of hydrogen-bond donors (Lipinski definition) is 2. The van der Waals surface area contributed by atoms with Gasteiger partial charge in [-0.3, -0.25) is 14.4 Å². The third-order valence-electron chi connectivity index (χ3n) is 8.33. The minimum Gasteiger partial charge on any atom is -0.444 e. The normalized spacial score (nSPS) is 23.3. The van der Waals surface area contributed by atoms with Crippen molar-refractivity contribution >= 4 is 64.9 Å². The summed E-state index contributed by atoms with van der Waals surface area (Å²) in [6.07, 6.45) is 6.89. The number of amides is 4. The highest BCUT2D eigenvalue weighted by Gasteiger charge is 2.36. The lowest BCUT2D eigenvalue weighted by Gasteiger charge is -2.26. The standard InChI is InChI=1S/C13H22N2O3.C9H18N2O2.C8H14N2O.C4H6Cl2O.ClH/c1-13(2,3)18-12(17)14-8-6-10(9-14)15-7-4-5-11(15)16;1-9(2,3)13-8(12)11-5-4-7(10)6-11;11-8-2-1-5-10(8)7-3-4-9-6-7;5-3-1-2-4(6)7;/h10H,4-9H2,1-3H3;7H,4-6,10H2,1-3H3;7,9H,1-6H2;1-3H2;1H/t10-;2*7-;;/m000../s1. The summed E-state index contributed by atoms with van der Waals surface area (Å²) < 4.78 is 10.5. The van der Waals surface area contributed by atoms with Crippen LogP contribution < -0.4 is 11.1 Å². The van der Waals surface area contributed by atoms with Crippen molar-refractivity contribution < 1.29 is 33.4 Å². The van der Waals surface area contributed by atoms with Crippen molar-refractivity contribution in [3.63, 3.8) is 0 Å². The highest BCUT2D eigenvalue weighted by Crippen LogP contribution is 2.23. The number of nitrogens with zero attached hydrogens (tertiary/aromatic N) is 4. The fraction of sp³-hybridized carbons (Fsp3) is 0.853. The predicted molar refractivity (Wildman–Crippen MR) is 198 cm³/mol. The Morgan fingerprint density at radius 2 is 1.30 bits per heavy atom. The maximum atomic E-state index is 11.9. The Morgan fingerprint density at radius 3 is 1.66 bits per heavy atom. The van der Waals surface area contributed by atoms with Crippen LogP contribution in [0.2, 0.25) is 0 Å². The van der Waals surface area contributed by atoms with Crippen LogP contribution in [0.1, 0.15) is 99.3 Å². The number of likely N-dealkylation sites (tertiary alicyclic amines) is 4. The maximum absolute atomic E-state index is 11.9. The van der Waals surface area contributed by atoms with Crippen LogP contribution in [0.15, 0.2) is 0 Å². The van der Waals surface area contributed by atoms with Gasteiger partial charge >= 0.3 is 12.2 Å². The Balaban J connectivity index is 0.000000348. The van der Waals surface area contributed by atoms with Crippen LogP contribution in [-0.4, -0.2) is 136 Å². The lowest BCUT2D eigenvalue weighted by atomic mass is 10.2. The highest BCUT2D eigenvalue weighted by atomic mass is 35.5. The van der Waals surface area contributed by atoms with Gasteiger partial charge in [-0.05, 0) is 98.2 Å². The topological polar surface area (TPSA) is 155 Å². The SMILES string of the molecule is CC(C)(C)OC(=O)N1CC[C@H](N)C1.CC(C)(C)OC(=O)N1CC[C@H](N2CCCC2=O)C1.Cl.O=C(Cl)CCCCl.O=C1CCCN1[C@H]1CCNC1. The van der Waals surface area contributed by atoms with Crippen LogP contribution in [0.3, 0.4) is 0 Å². The van der Waals surface area contributed by atoms with Crippen molar-refractivity contribution in [2.45, 2.75) is 129 Å². The van der Waals surface area contributed by atoms with Crippen molar-refractivity contribution in [1.29, 1.82) is 0 Å². The van der Waals surface area contributed by atoms with Gasteiger partial charge in [0.2, 0.25) is 17.1 Å². The van der Waals surface area contributed by atoms with E-state index in [1.165, 1.54) is 0 Å². The Labute approximate surface area is 314 Å². The lowest BCUT2D eigenvalue weighted by Crippen LogP contribution is -2.40. The molecule has 5 fully saturated rings. The third kappa shape index (κ3) is 17.4. The quantitative estimate of drug-likeness (QED) is 0.298. The number of nitrogens with two attached hydrogens (primary N) is 1. The average molecular weight is 772 g/mol. The Kier molecular flexibility index (Phi) is 20.3. The number of alkyl halides is 1. The van der Waals surface area contributed by atoms with Crippen molar-refractivity contribution in [2.75, 3.05) is 58.2 Å². The first-order valence-corrected chi connectivity index (χ1v) is 18.6. The van der Waals surface area contributed by atoms with E-state index >= 15 is 0 Å². The van der Waals surface area contributed by atoms with Gasteiger partial charge in [-0.25, -0.2) is 9.59 Å². The zero-order chi connectivity index (χ0) is 36.8. The number of ether oxygens (including phenoxy) is 2. The lowest BCUT2D eigenvalue weighted by molar-refractivity contribution is -0.130. The van der Waals surface area contributed by atoms with Gasteiger partial charge < -0.3 is 40.1 Å². The Hall–Kier alpha value is -2.06. The monoisotopic (exact) mass is 770 g/mol. The highest BCUT2D eigenvalue weighted by molar-refractivity contribution is 6.63. The molecule has 3 N–H and O–H groups in total. The summed E-state index contributed by atoms with van der Waals surface area (Å²) in [4.78, 5) is 63.5. The van der Waals surface area contributed by atoms with Gasteiger partial charge in [0.05, 0.1) is 6.04 Å². The molecule has 0 saturated carbocycles. The van der Waals surface area contributed by atoms with Gasteiger partial charge in [-0.1, -0.05) is 0 Å². The molecule has 5 aliphatic heterocycles. The number of carbonyl (C=O) groups is 5. The van der Waals surface area contributed by atoms with E-state index in [0.29, 0.717) is 56.7 Å². The van der Waals surface area contributed by atoms with Gasteiger partial charge in [-0.2, -0.15) is 0 Å². The second-order valence-electron chi connectivity index (χ2n) is 15.0. The van der Waals surface area contributed by atoms with Crippen molar-refractivity contribution in [1.82, 2.24) is 24.9 Å². The molecule has 0 aromatic carbocycles. The summed E-state index contributed by atoms with van der Waals surface area (Å²) in [5.41, 5.74) is 4.80. The molecule has 5 heterocycles. The molecule has 290 valence electrons. The van der Waals surface area contributed by atoms with E-state index in [9.17, 15) is 24.0 Å². The molecule has 50 heavy (non-hydrogen) atoms. The van der Waals surface area contributed by atoms with Gasteiger partial charge in [0, 0.05) is 83.0 Å². The molecule has 3 atom stereocenters. The van der Waals surface area contributed by atoms with E-state index in [-0.39, 0.29) is 47.8 Å². The fourth-order valence-corrected chi connectivity index (χ4v) is 6.26. The predicted octanol–water partition coefficient (Wildman–Crippen LogP) is 4.74. The Bertz CT molecular complexity index is 1100. The molecule has 4 amide bonds. The number of halogens is 3. The largest absolute Gasteiger partial charge is 0.444 e. The molecule has 16 heteroatoms. The average Bonchev–Trinajstić information content (AvgIpc) is 3.82. The number of rotatable bonds is 5. The zero-order valence-corrected chi connectivity index (χ0v) is 33.2. The second kappa shape index (κ2) is 22.1. The van der Waals surface area contributed by atoms with E-state index in [1.807, 2.05) is 51.3 Å². The van der Waals surface area contributed by atoms with E-state index in [4.69, 9.17) is 38.4 Å². The number of hydrogen-bond acceptors (Lipinski definition) is 9. The molecule has 0 aliphatic carbocycles. The number of nitrogens with one attached hydrogen (secondary N) is 1. The smallest absolute Gasteiger partial charge is 0.410 e. The fourth-order valence-electron chi connectivity index (χ4n) is 5.99. The minimum atomic E-state index is -0.460. The second-order valence-corrected chi connectivity index (χ2v) is 15.8. The summed E-state index contributed by atoms with van der Waals surface area (Å²) in [7, 11) is 0. The van der Waals surface area contributed by atoms with E-state index in [1.54, 1.807) is 9.80 Å². The molecule has 0 unspecified atom stereocenters. The van der Waals surface area contributed by atoms with E-state index < -0.39 is 11.2 Å². The van der Waals surface area contributed by atoms with Crippen molar-refractivity contribution in [3.8, 4) is 0 Å². The molecule has 0 aromatic rings. The number of carbonyl (C=O) groups excluding carboxylic acids is 5. The Morgan fingerprint density at radius 1 is 0.800 bits per heavy atom. The van der Waals surface area contributed by atoms with Crippen LogP contribution in [0.4, 0.5) is 9.59 Å². The van der Waals surface area contributed by atoms with Crippen molar-refractivity contribution in [3.05, 3.63) is 0 Å². The molecule has 0 bridgehead atoms. The van der Waals surface area contributed by atoms with Crippen LogP contribution >= 0.6 is 35.6 Å².